The minimum Gasteiger partial charge on any atom is -0.495 e. The number of halogens is 4. The fraction of sp³-hybridized carbons (Fsp3) is 0.500. The SMILES string of the molecule is CCc1nc(CC)n(-c2ccc(CC(C)C(F)(F)F)cc2OC)c1Cl. The molecule has 1 unspecified atom stereocenters. The van der Waals surface area contributed by atoms with Gasteiger partial charge in [-0.3, -0.25) is 4.57 Å². The third-order valence-corrected chi connectivity index (χ3v) is 4.58. The molecule has 0 saturated carbocycles. The monoisotopic (exact) mass is 374 g/mol. The van der Waals surface area contributed by atoms with E-state index in [0.717, 1.165) is 11.5 Å². The molecule has 0 aliphatic heterocycles. The van der Waals surface area contributed by atoms with Crippen molar-refractivity contribution in [1.82, 2.24) is 9.55 Å². The topological polar surface area (TPSA) is 27.1 Å². The van der Waals surface area contributed by atoms with Crippen LogP contribution in [0.3, 0.4) is 0 Å². The Morgan fingerprint density at radius 3 is 2.44 bits per heavy atom. The molecule has 25 heavy (non-hydrogen) atoms. The molecule has 0 amide bonds. The molecule has 2 rings (SSSR count). The van der Waals surface area contributed by atoms with Crippen LogP contribution in [0.1, 0.15) is 37.9 Å². The van der Waals surface area contributed by atoms with Gasteiger partial charge in [0.25, 0.3) is 0 Å². The van der Waals surface area contributed by atoms with Crippen LogP contribution in [0.5, 0.6) is 5.75 Å². The van der Waals surface area contributed by atoms with Crippen molar-refractivity contribution in [3.05, 3.63) is 40.4 Å². The number of hydrogen-bond donors (Lipinski definition) is 0. The summed E-state index contributed by atoms with van der Waals surface area (Å²) >= 11 is 6.45. The minimum absolute atomic E-state index is 0.0986. The average Bonchev–Trinajstić information content (AvgIpc) is 2.89. The van der Waals surface area contributed by atoms with E-state index in [-0.39, 0.29) is 6.42 Å². The Balaban J connectivity index is 2.46. The summed E-state index contributed by atoms with van der Waals surface area (Å²) in [5.74, 6) is -0.155. The van der Waals surface area contributed by atoms with Crippen molar-refractivity contribution in [3.8, 4) is 11.4 Å². The van der Waals surface area contributed by atoms with Crippen molar-refractivity contribution in [3.63, 3.8) is 0 Å². The predicted molar refractivity (Wildman–Crippen MR) is 92.8 cm³/mol. The van der Waals surface area contributed by atoms with Gasteiger partial charge in [0.2, 0.25) is 0 Å². The number of alkyl halides is 3. The molecule has 0 radical (unpaired) electrons. The number of methoxy groups -OCH3 is 1. The van der Waals surface area contributed by atoms with Crippen LogP contribution in [0, 0.1) is 5.92 Å². The second-order valence-electron chi connectivity index (χ2n) is 5.96. The molecule has 1 aromatic carbocycles. The van der Waals surface area contributed by atoms with Crippen LogP contribution in [-0.2, 0) is 19.3 Å². The number of benzene rings is 1. The van der Waals surface area contributed by atoms with Crippen LogP contribution in [-0.4, -0.2) is 22.8 Å². The fourth-order valence-corrected chi connectivity index (χ4v) is 3.07. The van der Waals surface area contributed by atoms with Crippen molar-refractivity contribution in [2.75, 3.05) is 7.11 Å². The summed E-state index contributed by atoms with van der Waals surface area (Å²) in [6.07, 6.45) is -2.94. The normalized spacial score (nSPS) is 13.1. The van der Waals surface area contributed by atoms with Crippen LogP contribution < -0.4 is 4.74 Å². The molecule has 1 aromatic heterocycles. The van der Waals surface area contributed by atoms with E-state index in [4.69, 9.17) is 16.3 Å². The highest BCUT2D eigenvalue weighted by atomic mass is 35.5. The quantitative estimate of drug-likeness (QED) is 0.676. The Morgan fingerprint density at radius 1 is 1.24 bits per heavy atom. The zero-order chi connectivity index (χ0) is 18.8. The van der Waals surface area contributed by atoms with Crippen LogP contribution >= 0.6 is 11.6 Å². The molecule has 138 valence electrons. The number of ether oxygens (including phenoxy) is 1. The smallest absolute Gasteiger partial charge is 0.391 e. The predicted octanol–water partition coefficient (Wildman–Crippen LogP) is 5.40. The molecular formula is C18H22ClF3N2O. The van der Waals surface area contributed by atoms with Gasteiger partial charge in [-0.1, -0.05) is 38.4 Å². The van der Waals surface area contributed by atoms with Crippen molar-refractivity contribution in [2.45, 2.75) is 46.2 Å². The maximum absolute atomic E-state index is 12.8. The van der Waals surface area contributed by atoms with Gasteiger partial charge in [0.15, 0.2) is 0 Å². The highest BCUT2D eigenvalue weighted by Crippen LogP contribution is 2.33. The zero-order valence-corrected chi connectivity index (χ0v) is 15.5. The molecule has 0 spiro atoms. The number of aryl methyl sites for hydroxylation is 2. The lowest BCUT2D eigenvalue weighted by Crippen LogP contribution is -2.21. The highest BCUT2D eigenvalue weighted by molar-refractivity contribution is 6.30. The van der Waals surface area contributed by atoms with Gasteiger partial charge in [-0.15, -0.1) is 0 Å². The number of hydrogen-bond acceptors (Lipinski definition) is 2. The number of imidazole rings is 1. The molecular weight excluding hydrogens is 353 g/mol. The molecule has 0 aliphatic carbocycles. The fourth-order valence-electron chi connectivity index (χ4n) is 2.70. The lowest BCUT2D eigenvalue weighted by atomic mass is 10.00. The molecule has 0 aliphatic rings. The maximum Gasteiger partial charge on any atom is 0.391 e. The summed E-state index contributed by atoms with van der Waals surface area (Å²) in [6, 6.07) is 5.06. The van der Waals surface area contributed by atoms with E-state index in [1.807, 2.05) is 13.8 Å². The Labute approximate surface area is 150 Å². The zero-order valence-electron chi connectivity index (χ0n) is 14.7. The minimum atomic E-state index is -4.22. The number of rotatable bonds is 6. The average molecular weight is 375 g/mol. The van der Waals surface area contributed by atoms with Gasteiger partial charge in [-0.25, -0.2) is 4.98 Å². The second-order valence-corrected chi connectivity index (χ2v) is 6.32. The Kier molecular flexibility index (Phi) is 6.03. The number of aromatic nitrogens is 2. The maximum atomic E-state index is 12.8. The van der Waals surface area contributed by atoms with Gasteiger partial charge in [0.05, 0.1) is 24.4 Å². The van der Waals surface area contributed by atoms with Crippen molar-refractivity contribution in [2.24, 2.45) is 5.92 Å². The number of nitrogens with zero attached hydrogens (tertiary/aromatic N) is 2. The molecule has 1 atom stereocenters. The summed E-state index contributed by atoms with van der Waals surface area (Å²) in [6.45, 7) is 5.12. The van der Waals surface area contributed by atoms with E-state index >= 15 is 0 Å². The van der Waals surface area contributed by atoms with Gasteiger partial charge in [0.1, 0.15) is 16.7 Å². The largest absolute Gasteiger partial charge is 0.495 e. The van der Waals surface area contributed by atoms with E-state index in [1.165, 1.54) is 14.0 Å². The Bertz CT molecular complexity index is 741. The second kappa shape index (κ2) is 7.68. The van der Waals surface area contributed by atoms with Gasteiger partial charge < -0.3 is 4.74 Å². The van der Waals surface area contributed by atoms with E-state index in [0.29, 0.717) is 35.0 Å². The molecule has 0 N–H and O–H groups in total. The Hall–Kier alpha value is -1.69. The van der Waals surface area contributed by atoms with E-state index in [2.05, 4.69) is 4.98 Å². The molecule has 0 saturated heterocycles. The summed E-state index contributed by atoms with van der Waals surface area (Å²) in [5, 5.41) is 0.508. The van der Waals surface area contributed by atoms with Crippen molar-refractivity contribution >= 4 is 11.6 Å². The van der Waals surface area contributed by atoms with Gasteiger partial charge in [-0.2, -0.15) is 13.2 Å². The van der Waals surface area contributed by atoms with Crippen LogP contribution in [0.2, 0.25) is 5.15 Å². The summed E-state index contributed by atoms with van der Waals surface area (Å²) < 4.78 is 45.6. The van der Waals surface area contributed by atoms with E-state index in [9.17, 15) is 13.2 Å². The molecule has 3 nitrogen and oxygen atoms in total. The summed E-state index contributed by atoms with van der Waals surface area (Å²) in [7, 11) is 1.49. The molecule has 1 heterocycles. The van der Waals surface area contributed by atoms with Gasteiger partial charge in [0, 0.05) is 6.42 Å². The summed E-state index contributed by atoms with van der Waals surface area (Å²) in [5.41, 5.74) is 2.03. The van der Waals surface area contributed by atoms with Crippen molar-refractivity contribution in [1.29, 1.82) is 0 Å². The van der Waals surface area contributed by atoms with Gasteiger partial charge in [-0.05, 0) is 30.5 Å². The highest BCUT2D eigenvalue weighted by Gasteiger charge is 2.35. The van der Waals surface area contributed by atoms with Crippen LogP contribution in [0.25, 0.3) is 5.69 Å². The first-order valence-corrected chi connectivity index (χ1v) is 8.60. The standard InChI is InChI=1S/C18H22ClF3N2O/c1-5-13-17(19)24(16(6-2)23-13)14-8-7-12(10-15(14)25-4)9-11(3)18(20,21)22/h7-8,10-11H,5-6,9H2,1-4H3. The van der Waals surface area contributed by atoms with Crippen LogP contribution in [0.4, 0.5) is 13.2 Å². The summed E-state index contributed by atoms with van der Waals surface area (Å²) in [4.78, 5) is 4.53. The third kappa shape index (κ3) is 4.11. The first kappa shape index (κ1) is 19.6. The lowest BCUT2D eigenvalue weighted by molar-refractivity contribution is -0.169. The Morgan fingerprint density at radius 2 is 1.92 bits per heavy atom. The first-order valence-electron chi connectivity index (χ1n) is 8.22. The van der Waals surface area contributed by atoms with Crippen LogP contribution in [0.15, 0.2) is 18.2 Å². The van der Waals surface area contributed by atoms with Crippen molar-refractivity contribution < 1.29 is 17.9 Å². The van der Waals surface area contributed by atoms with Gasteiger partial charge >= 0.3 is 6.18 Å². The molecule has 0 fully saturated rings. The molecule has 2 aromatic rings. The van der Waals surface area contributed by atoms with E-state index in [1.54, 1.807) is 22.8 Å². The van der Waals surface area contributed by atoms with E-state index < -0.39 is 12.1 Å². The third-order valence-electron chi connectivity index (χ3n) is 4.19. The first-order chi connectivity index (χ1) is 11.7. The molecule has 7 heteroatoms. The molecule has 0 bridgehead atoms. The lowest BCUT2D eigenvalue weighted by Gasteiger charge is -2.18.